The van der Waals surface area contributed by atoms with Gasteiger partial charge >= 0.3 is 0 Å². The first-order valence-electron chi connectivity index (χ1n) is 19.5. The van der Waals surface area contributed by atoms with Crippen molar-refractivity contribution in [2.45, 2.75) is 63.7 Å². The molecule has 1 heterocycles. The van der Waals surface area contributed by atoms with Crippen LogP contribution in [0.3, 0.4) is 0 Å². The Bertz CT molecular complexity index is 2290. The van der Waals surface area contributed by atoms with Crippen LogP contribution in [0.15, 0.2) is 175 Å². The van der Waals surface area contributed by atoms with Gasteiger partial charge in [-0.25, -0.2) is 9.97 Å². The van der Waals surface area contributed by atoms with E-state index in [9.17, 15) is 0 Å². The largest absolute Gasteiger partial charge is 0.253 e. The maximum atomic E-state index is 5.21. The number of allylic oxidation sites excluding steroid dienone is 5. The van der Waals surface area contributed by atoms with Crippen LogP contribution in [0.25, 0.3) is 33.8 Å². The summed E-state index contributed by atoms with van der Waals surface area (Å²) in [5, 5.41) is 0. The highest BCUT2D eigenvalue weighted by Crippen LogP contribution is 2.45. The van der Waals surface area contributed by atoms with Crippen LogP contribution in [0.4, 0.5) is 0 Å². The lowest BCUT2D eigenvalue weighted by molar-refractivity contribution is 0.346. The van der Waals surface area contributed by atoms with Crippen LogP contribution in [0.5, 0.6) is 0 Å². The summed E-state index contributed by atoms with van der Waals surface area (Å²) < 4.78 is 0. The van der Waals surface area contributed by atoms with E-state index in [1.165, 1.54) is 36.0 Å². The molecule has 0 spiro atoms. The second kappa shape index (κ2) is 16.4. The summed E-state index contributed by atoms with van der Waals surface area (Å²) in [4.78, 5) is 15.4. The summed E-state index contributed by atoms with van der Waals surface area (Å²) in [6.45, 7) is 2.11. The predicted octanol–water partition coefficient (Wildman–Crippen LogP) is 12.9. The number of nitrogens with zero attached hydrogens (tertiary/aromatic N) is 3. The van der Waals surface area contributed by atoms with Gasteiger partial charge in [0, 0.05) is 27.8 Å². The highest BCUT2D eigenvalue weighted by molar-refractivity contribution is 6.01. The topological polar surface area (TPSA) is 38.1 Å². The Morgan fingerprint density at radius 3 is 1.85 bits per heavy atom. The van der Waals surface area contributed by atoms with E-state index in [0.717, 1.165) is 88.6 Å². The molecule has 0 N–H and O–H groups in total. The number of benzene rings is 5. The van der Waals surface area contributed by atoms with E-state index < -0.39 is 0 Å². The molecular weight excluding hydrogens is 655 g/mol. The SMILES string of the molecule is C/C(=N\C(=C/Cc1ccccc1)c1ccc(C2(c3ccc(-c4cc(-c5ccccc5)nc(C5=CCCC=C5)n4)cc3)CCCCC2)cc1)c1ccccc1. The molecule has 0 radical (unpaired) electrons. The van der Waals surface area contributed by atoms with Gasteiger partial charge in [0.2, 0.25) is 0 Å². The van der Waals surface area contributed by atoms with Gasteiger partial charge in [0.15, 0.2) is 5.82 Å². The highest BCUT2D eigenvalue weighted by Gasteiger charge is 2.35. The summed E-state index contributed by atoms with van der Waals surface area (Å²) >= 11 is 0. The van der Waals surface area contributed by atoms with Gasteiger partial charge in [0.05, 0.1) is 17.1 Å². The zero-order valence-corrected chi connectivity index (χ0v) is 31.2. The summed E-state index contributed by atoms with van der Waals surface area (Å²) in [6.07, 6.45) is 17.9. The minimum Gasteiger partial charge on any atom is -0.253 e. The molecular formula is C51H47N3. The van der Waals surface area contributed by atoms with Crippen molar-refractivity contribution in [2.75, 3.05) is 0 Å². The minimum atomic E-state index is -0.0316. The number of aromatic nitrogens is 2. The quantitative estimate of drug-likeness (QED) is 0.133. The smallest absolute Gasteiger partial charge is 0.160 e. The standard InChI is InChI=1S/C51H47N3/c1-38(40-19-9-3-10-20-40)52-47(34-25-39-17-7-2-8-18-39)42-26-30-45(31-27-42)51(35-15-6-16-36-51)46-32-28-43(29-33-46)49-37-48(41-21-11-4-12-22-41)53-50(54-49)44-23-13-5-14-24-44/h2-4,7-13,17-24,26-34,37H,5-6,14-16,25,35-36H2,1H3/b47-34-,52-38+. The Kier molecular flexibility index (Phi) is 10.7. The van der Waals surface area contributed by atoms with E-state index in [1.807, 2.05) is 0 Å². The molecule has 0 bridgehead atoms. The number of hydrogen-bond acceptors (Lipinski definition) is 3. The molecule has 2 aliphatic carbocycles. The summed E-state index contributed by atoms with van der Waals surface area (Å²) in [6, 6.07) is 52.3. The fourth-order valence-electron chi connectivity index (χ4n) is 8.06. The summed E-state index contributed by atoms with van der Waals surface area (Å²) in [5.41, 5.74) is 13.5. The van der Waals surface area contributed by atoms with Crippen molar-refractivity contribution in [2.24, 2.45) is 4.99 Å². The van der Waals surface area contributed by atoms with E-state index in [4.69, 9.17) is 15.0 Å². The molecule has 0 unspecified atom stereocenters. The Morgan fingerprint density at radius 2 is 1.22 bits per heavy atom. The lowest BCUT2D eigenvalue weighted by atomic mass is 9.65. The van der Waals surface area contributed by atoms with Crippen molar-refractivity contribution < 1.29 is 0 Å². The molecule has 8 rings (SSSR count). The van der Waals surface area contributed by atoms with E-state index in [-0.39, 0.29) is 5.41 Å². The molecule has 266 valence electrons. The van der Waals surface area contributed by atoms with Gasteiger partial charge in [-0.2, -0.15) is 0 Å². The fraction of sp³-hybridized carbons (Fsp3) is 0.196. The van der Waals surface area contributed by atoms with Gasteiger partial charge < -0.3 is 0 Å². The van der Waals surface area contributed by atoms with Crippen molar-refractivity contribution in [3.63, 3.8) is 0 Å². The molecule has 54 heavy (non-hydrogen) atoms. The van der Waals surface area contributed by atoms with Crippen molar-refractivity contribution in [1.29, 1.82) is 0 Å². The zero-order chi connectivity index (χ0) is 36.6. The molecule has 1 fully saturated rings. The van der Waals surface area contributed by atoms with Crippen LogP contribution in [-0.4, -0.2) is 15.7 Å². The molecule has 6 aromatic rings. The van der Waals surface area contributed by atoms with Crippen LogP contribution in [0, 0.1) is 0 Å². The Morgan fingerprint density at radius 1 is 0.630 bits per heavy atom. The van der Waals surface area contributed by atoms with Crippen molar-refractivity contribution in [1.82, 2.24) is 9.97 Å². The average Bonchev–Trinajstić information content (AvgIpc) is 3.26. The maximum absolute atomic E-state index is 5.21. The van der Waals surface area contributed by atoms with Crippen LogP contribution < -0.4 is 0 Å². The molecule has 1 aromatic heterocycles. The van der Waals surface area contributed by atoms with Gasteiger partial charge in [-0.15, -0.1) is 0 Å². The van der Waals surface area contributed by atoms with Crippen molar-refractivity contribution in [3.8, 4) is 22.5 Å². The van der Waals surface area contributed by atoms with Crippen molar-refractivity contribution >= 4 is 17.0 Å². The number of hydrogen-bond donors (Lipinski definition) is 0. The van der Waals surface area contributed by atoms with Crippen LogP contribution >= 0.6 is 0 Å². The maximum Gasteiger partial charge on any atom is 0.160 e. The van der Waals surface area contributed by atoms with Crippen molar-refractivity contribution in [3.05, 3.63) is 204 Å². The fourth-order valence-corrected chi connectivity index (χ4v) is 8.06. The highest BCUT2D eigenvalue weighted by atomic mass is 14.9. The van der Waals surface area contributed by atoms with E-state index >= 15 is 0 Å². The predicted molar refractivity (Wildman–Crippen MR) is 226 cm³/mol. The first-order valence-corrected chi connectivity index (χ1v) is 19.5. The molecule has 3 heteroatoms. The molecule has 0 aliphatic heterocycles. The third-order valence-electron chi connectivity index (χ3n) is 11.1. The van der Waals surface area contributed by atoms with Gasteiger partial charge in [-0.05, 0) is 72.9 Å². The monoisotopic (exact) mass is 701 g/mol. The van der Waals surface area contributed by atoms with Gasteiger partial charge in [-0.3, -0.25) is 4.99 Å². The molecule has 2 aliphatic rings. The van der Waals surface area contributed by atoms with Crippen LogP contribution in [0.2, 0.25) is 0 Å². The third kappa shape index (κ3) is 7.87. The first kappa shape index (κ1) is 35.1. The lowest BCUT2D eigenvalue weighted by Crippen LogP contribution is -2.30. The molecule has 1 saturated carbocycles. The van der Waals surface area contributed by atoms with Gasteiger partial charge in [-0.1, -0.05) is 183 Å². The molecule has 0 atom stereocenters. The van der Waals surface area contributed by atoms with E-state index in [1.54, 1.807) is 0 Å². The normalized spacial score (nSPS) is 15.8. The molecule has 5 aromatic carbocycles. The minimum absolute atomic E-state index is 0.0316. The van der Waals surface area contributed by atoms with Crippen LogP contribution in [-0.2, 0) is 11.8 Å². The average molecular weight is 702 g/mol. The Hall–Kier alpha value is -5.93. The third-order valence-corrected chi connectivity index (χ3v) is 11.1. The Labute approximate surface area is 320 Å². The second-order valence-corrected chi connectivity index (χ2v) is 14.6. The van der Waals surface area contributed by atoms with E-state index in [0.29, 0.717) is 0 Å². The molecule has 0 saturated heterocycles. The Balaban J connectivity index is 1.13. The van der Waals surface area contributed by atoms with Gasteiger partial charge in [0.1, 0.15) is 0 Å². The number of rotatable bonds is 10. The zero-order valence-electron chi connectivity index (χ0n) is 31.2. The second-order valence-electron chi connectivity index (χ2n) is 14.6. The summed E-state index contributed by atoms with van der Waals surface area (Å²) in [5.74, 6) is 0.788. The van der Waals surface area contributed by atoms with E-state index in [2.05, 4.69) is 177 Å². The number of aliphatic imine (C=N–C) groups is 1. The molecule has 3 nitrogen and oxygen atoms in total. The summed E-state index contributed by atoms with van der Waals surface area (Å²) in [7, 11) is 0. The molecule has 0 amide bonds. The lowest BCUT2D eigenvalue weighted by Gasteiger charge is -2.39. The van der Waals surface area contributed by atoms with Crippen LogP contribution in [0.1, 0.15) is 85.5 Å². The van der Waals surface area contributed by atoms with Gasteiger partial charge in [0.25, 0.3) is 0 Å². The first-order chi connectivity index (χ1) is 26.6.